The molecule has 0 spiro atoms. The van der Waals surface area contributed by atoms with Crippen LogP contribution >= 0.6 is 0 Å². The first-order valence-corrected chi connectivity index (χ1v) is 7.46. The van der Waals surface area contributed by atoms with E-state index in [1.807, 2.05) is 0 Å². The van der Waals surface area contributed by atoms with E-state index < -0.39 is 0 Å². The average Bonchev–Trinajstić information content (AvgIpc) is 2.40. The van der Waals surface area contributed by atoms with E-state index in [4.69, 9.17) is 10.5 Å². The zero-order valence-electron chi connectivity index (χ0n) is 12.0. The van der Waals surface area contributed by atoms with Crippen LogP contribution in [0.25, 0.3) is 0 Å². The van der Waals surface area contributed by atoms with Gasteiger partial charge in [0.15, 0.2) is 0 Å². The summed E-state index contributed by atoms with van der Waals surface area (Å²) in [6.45, 7) is 9.06. The average molecular weight is 255 g/mol. The molecule has 1 saturated carbocycles. The highest BCUT2D eigenvalue weighted by Crippen LogP contribution is 2.35. The van der Waals surface area contributed by atoms with Crippen LogP contribution in [0.4, 0.5) is 0 Å². The van der Waals surface area contributed by atoms with Crippen LogP contribution in [0.5, 0.6) is 0 Å². The number of ether oxygens (including phenoxy) is 1. The van der Waals surface area contributed by atoms with Gasteiger partial charge in [0.1, 0.15) is 0 Å². The Balaban J connectivity index is 1.87. The van der Waals surface area contributed by atoms with Gasteiger partial charge in [0, 0.05) is 25.2 Å². The van der Waals surface area contributed by atoms with E-state index in [1.165, 1.54) is 25.7 Å². The van der Waals surface area contributed by atoms with E-state index >= 15 is 0 Å². The molecule has 0 atom stereocenters. The molecule has 1 heterocycles. The van der Waals surface area contributed by atoms with Crippen molar-refractivity contribution in [2.45, 2.75) is 45.1 Å². The molecule has 0 unspecified atom stereocenters. The van der Waals surface area contributed by atoms with Gasteiger partial charge < -0.3 is 10.5 Å². The fourth-order valence-corrected chi connectivity index (χ4v) is 3.23. The van der Waals surface area contributed by atoms with Crippen molar-refractivity contribution in [1.29, 1.82) is 0 Å². The number of hydrazine groups is 1. The number of hydrogen-bond acceptors (Lipinski definition) is 4. The topological polar surface area (TPSA) is 50.5 Å². The lowest BCUT2D eigenvalue weighted by atomic mass is 9.73. The highest BCUT2D eigenvalue weighted by molar-refractivity contribution is 4.93. The normalized spacial score (nSPS) is 35.0. The van der Waals surface area contributed by atoms with E-state index in [2.05, 4.69) is 24.3 Å². The highest BCUT2D eigenvalue weighted by Gasteiger charge is 2.36. The van der Waals surface area contributed by atoms with Gasteiger partial charge in [-0.2, -0.15) is 0 Å². The van der Waals surface area contributed by atoms with Crippen molar-refractivity contribution in [2.75, 3.05) is 32.8 Å². The van der Waals surface area contributed by atoms with Crippen molar-refractivity contribution >= 4 is 0 Å². The summed E-state index contributed by atoms with van der Waals surface area (Å²) >= 11 is 0. The smallest absolute Gasteiger partial charge is 0.0608 e. The number of nitrogens with one attached hydrogen (secondary N) is 1. The van der Waals surface area contributed by atoms with Crippen LogP contribution in [0.15, 0.2) is 0 Å². The first-order valence-electron chi connectivity index (χ1n) is 7.46. The quantitative estimate of drug-likeness (QED) is 0.796. The standard InChI is InChI=1S/C14H29N3O/c1-12(2)13-3-5-14(11-15,6-4-13)16-17-7-9-18-10-8-17/h12-13,16H,3-11,15H2,1-2H3. The van der Waals surface area contributed by atoms with E-state index in [-0.39, 0.29) is 5.54 Å². The second-order valence-electron chi connectivity index (χ2n) is 6.28. The lowest BCUT2D eigenvalue weighted by molar-refractivity contribution is -0.0227. The summed E-state index contributed by atoms with van der Waals surface area (Å²) in [5.74, 6) is 1.69. The second-order valence-corrected chi connectivity index (χ2v) is 6.28. The van der Waals surface area contributed by atoms with E-state index in [1.54, 1.807) is 0 Å². The summed E-state index contributed by atoms with van der Waals surface area (Å²) in [6, 6.07) is 0. The predicted octanol–water partition coefficient (Wildman–Crippen LogP) is 1.37. The molecule has 3 N–H and O–H groups in total. The highest BCUT2D eigenvalue weighted by atomic mass is 16.5. The van der Waals surface area contributed by atoms with E-state index in [9.17, 15) is 0 Å². The Bertz CT molecular complexity index is 243. The van der Waals surface area contributed by atoms with Gasteiger partial charge in [-0.3, -0.25) is 0 Å². The first-order chi connectivity index (χ1) is 8.65. The van der Waals surface area contributed by atoms with Crippen LogP contribution in [-0.2, 0) is 4.74 Å². The van der Waals surface area contributed by atoms with Crippen molar-refractivity contribution in [3.8, 4) is 0 Å². The van der Waals surface area contributed by atoms with E-state index in [0.29, 0.717) is 0 Å². The van der Waals surface area contributed by atoms with Crippen molar-refractivity contribution < 1.29 is 4.74 Å². The molecule has 4 nitrogen and oxygen atoms in total. The predicted molar refractivity (Wildman–Crippen MR) is 74.1 cm³/mol. The van der Waals surface area contributed by atoms with Crippen LogP contribution < -0.4 is 11.2 Å². The van der Waals surface area contributed by atoms with Gasteiger partial charge in [0.2, 0.25) is 0 Å². The van der Waals surface area contributed by atoms with Crippen LogP contribution in [0.1, 0.15) is 39.5 Å². The maximum atomic E-state index is 6.06. The summed E-state index contributed by atoms with van der Waals surface area (Å²) in [5, 5.41) is 2.31. The molecule has 0 radical (unpaired) electrons. The number of nitrogens with zero attached hydrogens (tertiary/aromatic N) is 1. The minimum Gasteiger partial charge on any atom is -0.379 e. The van der Waals surface area contributed by atoms with Gasteiger partial charge in [0.25, 0.3) is 0 Å². The summed E-state index contributed by atoms with van der Waals surface area (Å²) in [4.78, 5) is 0. The van der Waals surface area contributed by atoms with E-state index in [0.717, 1.165) is 44.7 Å². The van der Waals surface area contributed by atoms with Crippen molar-refractivity contribution in [3.63, 3.8) is 0 Å². The molecule has 0 aromatic heterocycles. The molecule has 1 aliphatic carbocycles. The molecule has 2 rings (SSSR count). The van der Waals surface area contributed by atoms with Crippen LogP contribution in [0.3, 0.4) is 0 Å². The number of rotatable bonds is 4. The Labute approximate surface area is 111 Å². The Hall–Kier alpha value is -0.160. The molecule has 0 bridgehead atoms. The number of nitrogens with two attached hydrogens (primary N) is 1. The SMILES string of the molecule is CC(C)C1CCC(CN)(NN2CCOCC2)CC1. The third-order valence-corrected chi connectivity index (χ3v) is 4.73. The van der Waals surface area contributed by atoms with Gasteiger partial charge in [-0.25, -0.2) is 10.4 Å². The van der Waals surface area contributed by atoms with Crippen molar-refractivity contribution in [1.82, 2.24) is 10.4 Å². The van der Waals surface area contributed by atoms with Crippen LogP contribution in [0, 0.1) is 11.8 Å². The summed E-state index contributed by atoms with van der Waals surface area (Å²) in [7, 11) is 0. The summed E-state index contributed by atoms with van der Waals surface area (Å²) < 4.78 is 5.39. The van der Waals surface area contributed by atoms with Crippen molar-refractivity contribution in [2.24, 2.45) is 17.6 Å². The molecule has 18 heavy (non-hydrogen) atoms. The number of morpholine rings is 1. The third-order valence-electron chi connectivity index (χ3n) is 4.73. The first kappa shape index (κ1) is 14.3. The second kappa shape index (κ2) is 6.33. The lowest BCUT2D eigenvalue weighted by Crippen LogP contribution is -2.61. The molecule has 1 aliphatic heterocycles. The van der Waals surface area contributed by atoms with Crippen LogP contribution in [-0.4, -0.2) is 43.4 Å². The lowest BCUT2D eigenvalue weighted by Gasteiger charge is -2.45. The summed E-state index contributed by atoms with van der Waals surface area (Å²) in [6.07, 6.45) is 5.05. The zero-order valence-corrected chi connectivity index (χ0v) is 12.0. The maximum absolute atomic E-state index is 6.06. The maximum Gasteiger partial charge on any atom is 0.0608 e. The molecular weight excluding hydrogens is 226 g/mol. The molecular formula is C14H29N3O. The van der Waals surface area contributed by atoms with Gasteiger partial charge in [-0.1, -0.05) is 13.8 Å². The fourth-order valence-electron chi connectivity index (χ4n) is 3.23. The fraction of sp³-hybridized carbons (Fsp3) is 1.00. The molecule has 2 fully saturated rings. The molecule has 0 aromatic rings. The Kier molecular flexibility index (Phi) is 5.01. The third kappa shape index (κ3) is 3.44. The van der Waals surface area contributed by atoms with Crippen LogP contribution in [0.2, 0.25) is 0 Å². The van der Waals surface area contributed by atoms with Gasteiger partial charge in [-0.05, 0) is 37.5 Å². The van der Waals surface area contributed by atoms with Gasteiger partial charge >= 0.3 is 0 Å². The van der Waals surface area contributed by atoms with Gasteiger partial charge in [-0.15, -0.1) is 0 Å². The molecule has 4 heteroatoms. The Morgan fingerprint density at radius 2 is 1.89 bits per heavy atom. The molecule has 1 saturated heterocycles. The Morgan fingerprint density at radius 3 is 2.39 bits per heavy atom. The zero-order chi connectivity index (χ0) is 13.0. The number of hydrogen-bond donors (Lipinski definition) is 2. The molecule has 106 valence electrons. The minimum absolute atomic E-state index is 0.142. The molecule has 0 amide bonds. The molecule has 0 aromatic carbocycles. The summed E-state index contributed by atoms with van der Waals surface area (Å²) in [5.41, 5.74) is 9.91. The minimum atomic E-state index is 0.142. The largest absolute Gasteiger partial charge is 0.379 e. The molecule has 2 aliphatic rings. The van der Waals surface area contributed by atoms with Crippen molar-refractivity contribution in [3.05, 3.63) is 0 Å². The Morgan fingerprint density at radius 1 is 1.28 bits per heavy atom. The monoisotopic (exact) mass is 255 g/mol. The van der Waals surface area contributed by atoms with Gasteiger partial charge in [0.05, 0.1) is 13.2 Å².